The Morgan fingerprint density at radius 3 is 2.65 bits per heavy atom. The summed E-state index contributed by atoms with van der Waals surface area (Å²) in [6.45, 7) is 6.75. The SMILES string of the molecule is CC1(C)CCN(c2ccc(/C=C/C(=O)O)cc2)CCS1. The molecule has 3 nitrogen and oxygen atoms in total. The van der Waals surface area contributed by atoms with E-state index in [1.807, 2.05) is 23.9 Å². The van der Waals surface area contributed by atoms with Gasteiger partial charge in [0, 0.05) is 35.4 Å². The Morgan fingerprint density at radius 1 is 1.30 bits per heavy atom. The zero-order chi connectivity index (χ0) is 14.6. The Balaban J connectivity index is 2.04. The molecule has 0 radical (unpaired) electrons. The number of thioether (sulfide) groups is 1. The zero-order valence-electron chi connectivity index (χ0n) is 12.0. The van der Waals surface area contributed by atoms with Gasteiger partial charge in [0.05, 0.1) is 0 Å². The molecule has 1 aliphatic rings. The number of aliphatic carboxylic acids is 1. The van der Waals surface area contributed by atoms with Crippen LogP contribution in [-0.2, 0) is 4.79 Å². The summed E-state index contributed by atoms with van der Waals surface area (Å²) < 4.78 is 0.360. The number of benzene rings is 1. The van der Waals surface area contributed by atoms with Crippen molar-refractivity contribution in [1.29, 1.82) is 0 Å². The second-order valence-electron chi connectivity index (χ2n) is 5.61. The molecule has 20 heavy (non-hydrogen) atoms. The third-order valence-corrected chi connectivity index (χ3v) is 4.89. The first-order chi connectivity index (χ1) is 9.46. The van der Waals surface area contributed by atoms with E-state index in [9.17, 15) is 4.79 Å². The molecule has 0 saturated carbocycles. The van der Waals surface area contributed by atoms with Crippen molar-refractivity contribution < 1.29 is 9.90 Å². The lowest BCUT2D eigenvalue weighted by Gasteiger charge is -2.24. The van der Waals surface area contributed by atoms with Crippen LogP contribution in [0.25, 0.3) is 6.08 Å². The lowest BCUT2D eigenvalue weighted by molar-refractivity contribution is -0.131. The van der Waals surface area contributed by atoms with Crippen LogP contribution in [0.3, 0.4) is 0 Å². The second-order valence-corrected chi connectivity index (χ2v) is 7.41. The molecule has 0 bridgehead atoms. The minimum atomic E-state index is -0.916. The van der Waals surface area contributed by atoms with Crippen LogP contribution >= 0.6 is 11.8 Å². The molecule has 1 fully saturated rings. The quantitative estimate of drug-likeness (QED) is 0.865. The molecule has 0 unspecified atom stereocenters. The van der Waals surface area contributed by atoms with Gasteiger partial charge in [-0.25, -0.2) is 4.79 Å². The highest BCUT2D eigenvalue weighted by Crippen LogP contribution is 2.32. The topological polar surface area (TPSA) is 40.5 Å². The molecule has 0 aromatic heterocycles. The van der Waals surface area contributed by atoms with Gasteiger partial charge in [-0.15, -0.1) is 0 Å². The Bertz CT molecular complexity index is 494. The summed E-state index contributed by atoms with van der Waals surface area (Å²) in [4.78, 5) is 12.9. The van der Waals surface area contributed by atoms with Gasteiger partial charge in [0.25, 0.3) is 0 Å². The molecule has 0 spiro atoms. The van der Waals surface area contributed by atoms with Crippen molar-refractivity contribution in [1.82, 2.24) is 0 Å². The molecule has 1 aliphatic heterocycles. The van der Waals surface area contributed by atoms with Crippen LogP contribution in [0.5, 0.6) is 0 Å². The van der Waals surface area contributed by atoms with Crippen LogP contribution in [0.15, 0.2) is 30.3 Å². The van der Waals surface area contributed by atoms with Crippen molar-refractivity contribution in [3.63, 3.8) is 0 Å². The van der Waals surface area contributed by atoms with Gasteiger partial charge in [-0.3, -0.25) is 0 Å². The van der Waals surface area contributed by atoms with Crippen molar-refractivity contribution in [2.24, 2.45) is 0 Å². The monoisotopic (exact) mass is 291 g/mol. The fraction of sp³-hybridized carbons (Fsp3) is 0.438. The first-order valence-electron chi connectivity index (χ1n) is 6.86. The molecule has 1 N–H and O–H groups in total. The lowest BCUT2D eigenvalue weighted by Crippen LogP contribution is -2.26. The summed E-state index contributed by atoms with van der Waals surface area (Å²) in [5.74, 6) is 0.231. The van der Waals surface area contributed by atoms with E-state index in [0.29, 0.717) is 4.75 Å². The molecule has 1 aromatic carbocycles. The maximum atomic E-state index is 10.5. The van der Waals surface area contributed by atoms with Crippen LogP contribution < -0.4 is 4.90 Å². The molecular weight excluding hydrogens is 270 g/mol. The fourth-order valence-electron chi connectivity index (χ4n) is 2.24. The maximum absolute atomic E-state index is 10.5. The van der Waals surface area contributed by atoms with Crippen LogP contribution in [0, 0.1) is 0 Å². The number of anilines is 1. The van der Waals surface area contributed by atoms with Gasteiger partial charge in [0.2, 0.25) is 0 Å². The lowest BCUT2D eigenvalue weighted by atomic mass is 10.1. The molecule has 0 atom stereocenters. The van der Waals surface area contributed by atoms with E-state index in [-0.39, 0.29) is 0 Å². The van der Waals surface area contributed by atoms with Crippen molar-refractivity contribution in [3.05, 3.63) is 35.9 Å². The van der Waals surface area contributed by atoms with Crippen molar-refractivity contribution in [2.45, 2.75) is 25.0 Å². The number of hydrogen-bond donors (Lipinski definition) is 1. The molecule has 2 rings (SSSR count). The molecule has 0 amide bonds. The van der Waals surface area contributed by atoms with E-state index in [1.54, 1.807) is 6.08 Å². The van der Waals surface area contributed by atoms with Gasteiger partial charge in [-0.1, -0.05) is 26.0 Å². The summed E-state index contributed by atoms with van der Waals surface area (Å²) in [5.41, 5.74) is 2.14. The predicted molar refractivity (Wildman–Crippen MR) is 86.5 cm³/mol. The molecule has 1 saturated heterocycles. The molecule has 108 valence electrons. The highest BCUT2D eigenvalue weighted by Gasteiger charge is 2.23. The van der Waals surface area contributed by atoms with Crippen molar-refractivity contribution in [2.75, 3.05) is 23.7 Å². The number of carbonyl (C=O) groups is 1. The minimum absolute atomic E-state index is 0.360. The Morgan fingerprint density at radius 2 is 2.00 bits per heavy atom. The number of carboxylic acids is 1. The Hall–Kier alpha value is -1.42. The number of hydrogen-bond acceptors (Lipinski definition) is 3. The van der Waals surface area contributed by atoms with Gasteiger partial charge in [-0.2, -0.15) is 11.8 Å². The molecule has 1 aromatic rings. The first kappa shape index (κ1) is 15.0. The van der Waals surface area contributed by atoms with Gasteiger partial charge < -0.3 is 10.0 Å². The van der Waals surface area contributed by atoms with Crippen LogP contribution in [0.2, 0.25) is 0 Å². The molecule has 0 aliphatic carbocycles. The van der Waals surface area contributed by atoms with E-state index < -0.39 is 5.97 Å². The van der Waals surface area contributed by atoms with Crippen LogP contribution in [-0.4, -0.2) is 34.7 Å². The predicted octanol–water partition coefficient (Wildman–Crippen LogP) is 3.51. The van der Waals surface area contributed by atoms with E-state index in [1.165, 1.54) is 18.2 Å². The van der Waals surface area contributed by atoms with Crippen molar-refractivity contribution >= 4 is 29.5 Å². The fourth-order valence-corrected chi connectivity index (χ4v) is 3.34. The number of nitrogens with zero attached hydrogens (tertiary/aromatic N) is 1. The summed E-state index contributed by atoms with van der Waals surface area (Å²) in [7, 11) is 0. The van der Waals surface area contributed by atoms with Crippen LogP contribution in [0.4, 0.5) is 5.69 Å². The highest BCUT2D eigenvalue weighted by molar-refractivity contribution is 8.00. The van der Waals surface area contributed by atoms with Gasteiger partial charge >= 0.3 is 5.97 Å². The summed E-state index contributed by atoms with van der Waals surface area (Å²) in [5, 5.41) is 8.62. The van der Waals surface area contributed by atoms with E-state index >= 15 is 0 Å². The largest absolute Gasteiger partial charge is 0.478 e. The van der Waals surface area contributed by atoms with Gasteiger partial charge in [0.15, 0.2) is 0 Å². The zero-order valence-corrected chi connectivity index (χ0v) is 12.8. The first-order valence-corrected chi connectivity index (χ1v) is 7.85. The maximum Gasteiger partial charge on any atom is 0.328 e. The third-order valence-electron chi connectivity index (χ3n) is 3.51. The van der Waals surface area contributed by atoms with E-state index in [0.717, 1.165) is 24.4 Å². The summed E-state index contributed by atoms with van der Waals surface area (Å²) in [6, 6.07) is 8.09. The smallest absolute Gasteiger partial charge is 0.328 e. The minimum Gasteiger partial charge on any atom is -0.478 e. The highest BCUT2D eigenvalue weighted by atomic mass is 32.2. The van der Waals surface area contributed by atoms with Crippen molar-refractivity contribution in [3.8, 4) is 0 Å². The summed E-state index contributed by atoms with van der Waals surface area (Å²) >= 11 is 2.04. The number of rotatable bonds is 3. The van der Waals surface area contributed by atoms with Gasteiger partial charge in [-0.05, 0) is 30.2 Å². The van der Waals surface area contributed by atoms with E-state index in [2.05, 4.69) is 30.9 Å². The number of carboxylic acid groups (broad SMARTS) is 1. The summed E-state index contributed by atoms with van der Waals surface area (Å²) in [6.07, 6.45) is 3.96. The standard InChI is InChI=1S/C16H21NO2S/c1-16(2)9-10-17(11-12-20-16)14-6-3-13(4-7-14)5-8-15(18)19/h3-8H,9-12H2,1-2H3,(H,18,19)/b8-5+. The average Bonchev–Trinajstić information content (AvgIpc) is 2.58. The Labute approximate surface area is 124 Å². The molecule has 4 heteroatoms. The molecular formula is C16H21NO2S. The van der Waals surface area contributed by atoms with E-state index in [4.69, 9.17) is 5.11 Å². The van der Waals surface area contributed by atoms with Gasteiger partial charge in [0.1, 0.15) is 0 Å². The molecule has 1 heterocycles. The second kappa shape index (κ2) is 6.35. The third kappa shape index (κ3) is 4.30. The average molecular weight is 291 g/mol. The normalized spacial score (nSPS) is 19.0. The Kier molecular flexibility index (Phi) is 4.76. The van der Waals surface area contributed by atoms with Crippen LogP contribution in [0.1, 0.15) is 25.8 Å².